The molecule has 1 aromatic heterocycles. The zero-order chi connectivity index (χ0) is 20.8. The molecular formula is C21H20FN3O4. The lowest BCUT2D eigenvalue weighted by atomic mass is 10.2. The number of carbonyl (C=O) groups excluding carboxylic acids is 2. The van der Waals surface area contributed by atoms with Gasteiger partial charge in [-0.1, -0.05) is 0 Å². The van der Waals surface area contributed by atoms with Crippen LogP contribution in [-0.4, -0.2) is 34.1 Å². The van der Waals surface area contributed by atoms with Gasteiger partial charge in [0.2, 0.25) is 0 Å². The molecule has 1 amide bonds. The molecule has 0 saturated carbocycles. The van der Waals surface area contributed by atoms with Crippen LogP contribution in [0.15, 0.2) is 61.1 Å². The van der Waals surface area contributed by atoms with Gasteiger partial charge in [0.25, 0.3) is 5.91 Å². The van der Waals surface area contributed by atoms with Crippen molar-refractivity contribution in [2.75, 3.05) is 11.9 Å². The fraction of sp³-hybridized carbons (Fsp3) is 0.190. The molecule has 0 bridgehead atoms. The summed E-state index contributed by atoms with van der Waals surface area (Å²) in [6.45, 7) is 3.90. The Morgan fingerprint density at radius 2 is 1.83 bits per heavy atom. The molecule has 1 N–H and O–H groups in total. The third-order valence-electron chi connectivity index (χ3n) is 4.04. The molecule has 0 aliphatic carbocycles. The minimum absolute atomic E-state index is 0.123. The lowest BCUT2D eigenvalue weighted by Crippen LogP contribution is -2.30. The molecule has 0 spiro atoms. The molecule has 0 aliphatic heterocycles. The number of anilines is 1. The van der Waals surface area contributed by atoms with Crippen LogP contribution in [0.4, 0.5) is 10.1 Å². The third-order valence-corrected chi connectivity index (χ3v) is 4.04. The Labute approximate surface area is 167 Å². The van der Waals surface area contributed by atoms with E-state index >= 15 is 0 Å². The van der Waals surface area contributed by atoms with Gasteiger partial charge in [-0.15, -0.1) is 0 Å². The number of amides is 1. The average Bonchev–Trinajstić information content (AvgIpc) is 3.20. The number of rotatable bonds is 7. The van der Waals surface area contributed by atoms with Gasteiger partial charge in [0.15, 0.2) is 11.8 Å². The van der Waals surface area contributed by atoms with Gasteiger partial charge in [-0.2, -0.15) is 0 Å². The summed E-state index contributed by atoms with van der Waals surface area (Å²) in [5.41, 5.74) is 1.22. The second-order valence-corrected chi connectivity index (χ2v) is 6.12. The smallest absolute Gasteiger partial charge is 0.357 e. The maximum atomic E-state index is 13.1. The summed E-state index contributed by atoms with van der Waals surface area (Å²) in [5.74, 6) is -0.895. The van der Waals surface area contributed by atoms with E-state index in [0.717, 1.165) is 0 Å². The number of nitrogens with one attached hydrogen (secondary N) is 1. The molecule has 0 fully saturated rings. The SMILES string of the molecule is CCOc1ccc(NC(=O)C(C)OC(=O)c2cncn2-c2ccc(F)cc2)cc1. The number of imidazole rings is 1. The number of aromatic nitrogens is 2. The molecule has 1 atom stereocenters. The summed E-state index contributed by atoms with van der Waals surface area (Å²) >= 11 is 0. The van der Waals surface area contributed by atoms with E-state index in [1.165, 1.54) is 48.3 Å². The second-order valence-electron chi connectivity index (χ2n) is 6.12. The molecule has 0 saturated heterocycles. The number of nitrogens with zero attached hydrogens (tertiary/aromatic N) is 2. The van der Waals surface area contributed by atoms with E-state index in [1.807, 2.05) is 6.92 Å². The molecule has 29 heavy (non-hydrogen) atoms. The molecule has 3 aromatic rings. The van der Waals surface area contributed by atoms with Crippen LogP contribution in [-0.2, 0) is 9.53 Å². The fourth-order valence-corrected chi connectivity index (χ4v) is 2.57. The van der Waals surface area contributed by atoms with E-state index in [-0.39, 0.29) is 5.69 Å². The summed E-state index contributed by atoms with van der Waals surface area (Å²) in [4.78, 5) is 28.8. The standard InChI is InChI=1S/C21H20FN3O4/c1-3-28-18-10-6-16(7-11-18)24-20(26)14(2)29-21(27)19-12-23-13-25(19)17-8-4-15(22)5-9-17/h4-14H,3H2,1-2H3,(H,24,26). The molecule has 2 aromatic carbocycles. The highest BCUT2D eigenvalue weighted by Gasteiger charge is 2.22. The van der Waals surface area contributed by atoms with E-state index in [1.54, 1.807) is 24.3 Å². The first kappa shape index (κ1) is 20.1. The number of benzene rings is 2. The maximum Gasteiger partial charge on any atom is 0.357 e. The molecule has 0 radical (unpaired) electrons. The minimum atomic E-state index is -1.04. The predicted octanol–water partition coefficient (Wildman–Crippen LogP) is 3.59. The highest BCUT2D eigenvalue weighted by Crippen LogP contribution is 2.17. The van der Waals surface area contributed by atoms with Crippen LogP contribution in [0.3, 0.4) is 0 Å². The number of esters is 1. The van der Waals surface area contributed by atoms with Gasteiger partial charge in [0.05, 0.1) is 19.1 Å². The van der Waals surface area contributed by atoms with E-state index < -0.39 is 23.8 Å². The van der Waals surface area contributed by atoms with Gasteiger partial charge in [-0.25, -0.2) is 14.2 Å². The van der Waals surface area contributed by atoms with E-state index in [4.69, 9.17) is 9.47 Å². The molecular weight excluding hydrogens is 377 g/mol. The van der Waals surface area contributed by atoms with Crippen molar-refractivity contribution in [2.24, 2.45) is 0 Å². The number of ether oxygens (including phenoxy) is 2. The van der Waals surface area contributed by atoms with Gasteiger partial charge in [0, 0.05) is 11.4 Å². The first-order valence-corrected chi connectivity index (χ1v) is 9.01. The molecule has 1 unspecified atom stereocenters. The highest BCUT2D eigenvalue weighted by atomic mass is 19.1. The molecule has 1 heterocycles. The first-order valence-electron chi connectivity index (χ1n) is 9.01. The first-order chi connectivity index (χ1) is 14.0. The quantitative estimate of drug-likeness (QED) is 0.616. The van der Waals surface area contributed by atoms with Crippen molar-refractivity contribution in [3.63, 3.8) is 0 Å². The lowest BCUT2D eigenvalue weighted by molar-refractivity contribution is -0.123. The van der Waals surface area contributed by atoms with Crippen LogP contribution in [0.5, 0.6) is 5.75 Å². The summed E-state index contributed by atoms with van der Waals surface area (Å²) in [6.07, 6.45) is 1.70. The van der Waals surface area contributed by atoms with Crippen molar-refractivity contribution in [3.8, 4) is 11.4 Å². The van der Waals surface area contributed by atoms with Gasteiger partial charge >= 0.3 is 5.97 Å². The van der Waals surface area contributed by atoms with Crippen molar-refractivity contribution in [3.05, 3.63) is 72.6 Å². The monoisotopic (exact) mass is 397 g/mol. The number of hydrogen-bond acceptors (Lipinski definition) is 5. The minimum Gasteiger partial charge on any atom is -0.494 e. The van der Waals surface area contributed by atoms with Crippen molar-refractivity contribution < 1.29 is 23.5 Å². The van der Waals surface area contributed by atoms with Crippen LogP contribution in [0.1, 0.15) is 24.3 Å². The lowest BCUT2D eigenvalue weighted by Gasteiger charge is -2.14. The van der Waals surface area contributed by atoms with Gasteiger partial charge in [-0.05, 0) is 62.4 Å². The Balaban J connectivity index is 1.64. The Bertz CT molecular complexity index is 984. The Kier molecular flexibility index (Phi) is 6.23. The summed E-state index contributed by atoms with van der Waals surface area (Å²) in [5, 5.41) is 2.68. The normalized spacial score (nSPS) is 11.6. The zero-order valence-corrected chi connectivity index (χ0v) is 16.0. The molecule has 150 valence electrons. The topological polar surface area (TPSA) is 82.4 Å². The van der Waals surface area contributed by atoms with Crippen LogP contribution < -0.4 is 10.1 Å². The number of halogens is 1. The average molecular weight is 397 g/mol. The van der Waals surface area contributed by atoms with Gasteiger partial charge < -0.3 is 14.8 Å². The van der Waals surface area contributed by atoms with Crippen molar-refractivity contribution in [2.45, 2.75) is 20.0 Å². The zero-order valence-electron chi connectivity index (χ0n) is 16.0. The third kappa shape index (κ3) is 4.98. The van der Waals surface area contributed by atoms with Crippen LogP contribution >= 0.6 is 0 Å². The van der Waals surface area contributed by atoms with Crippen molar-refractivity contribution >= 4 is 17.6 Å². The Morgan fingerprint density at radius 1 is 1.14 bits per heavy atom. The Hall–Kier alpha value is -3.68. The van der Waals surface area contributed by atoms with E-state index in [9.17, 15) is 14.0 Å². The van der Waals surface area contributed by atoms with Crippen LogP contribution in [0.25, 0.3) is 5.69 Å². The van der Waals surface area contributed by atoms with Gasteiger partial charge in [-0.3, -0.25) is 9.36 Å². The predicted molar refractivity (Wildman–Crippen MR) is 105 cm³/mol. The summed E-state index contributed by atoms with van der Waals surface area (Å²) in [7, 11) is 0. The van der Waals surface area contributed by atoms with E-state index in [2.05, 4.69) is 10.3 Å². The maximum absolute atomic E-state index is 13.1. The fourth-order valence-electron chi connectivity index (χ4n) is 2.57. The van der Waals surface area contributed by atoms with Crippen LogP contribution in [0.2, 0.25) is 0 Å². The van der Waals surface area contributed by atoms with Crippen LogP contribution in [0, 0.1) is 5.82 Å². The van der Waals surface area contributed by atoms with Crippen molar-refractivity contribution in [1.82, 2.24) is 9.55 Å². The largest absolute Gasteiger partial charge is 0.494 e. The molecule has 7 nitrogen and oxygen atoms in total. The van der Waals surface area contributed by atoms with Crippen molar-refractivity contribution in [1.29, 1.82) is 0 Å². The highest BCUT2D eigenvalue weighted by molar-refractivity contribution is 5.97. The number of hydrogen-bond donors (Lipinski definition) is 1. The summed E-state index contributed by atoms with van der Waals surface area (Å²) < 4.78 is 25.2. The van der Waals surface area contributed by atoms with E-state index in [0.29, 0.717) is 23.7 Å². The summed E-state index contributed by atoms with van der Waals surface area (Å²) in [6, 6.07) is 12.4. The Morgan fingerprint density at radius 3 is 2.48 bits per heavy atom. The van der Waals surface area contributed by atoms with Gasteiger partial charge in [0.1, 0.15) is 11.6 Å². The number of carbonyl (C=O) groups is 2. The molecule has 8 heteroatoms. The second kappa shape index (κ2) is 9.01. The molecule has 3 rings (SSSR count). The molecule has 0 aliphatic rings.